The average Bonchev–Trinajstić information content (AvgIpc) is 2.73. The van der Waals surface area contributed by atoms with Gasteiger partial charge in [-0.15, -0.1) is 0 Å². The first-order valence-corrected chi connectivity index (χ1v) is 9.51. The summed E-state index contributed by atoms with van der Waals surface area (Å²) in [7, 11) is 0. The summed E-state index contributed by atoms with van der Waals surface area (Å²) in [6.07, 6.45) is -5.52. The molecule has 1 aliphatic rings. The van der Waals surface area contributed by atoms with Crippen LogP contribution in [0.5, 0.6) is 5.75 Å². The molecule has 1 unspecified atom stereocenters. The van der Waals surface area contributed by atoms with E-state index in [-0.39, 0.29) is 6.61 Å². The van der Waals surface area contributed by atoms with E-state index < -0.39 is 36.5 Å². The second kappa shape index (κ2) is 9.37. The first kappa shape index (κ1) is 21.3. The second-order valence-corrected chi connectivity index (χ2v) is 7.20. The van der Waals surface area contributed by atoms with Crippen LogP contribution in [0.2, 0.25) is 0 Å². The van der Waals surface area contributed by atoms with Gasteiger partial charge in [0.05, 0.1) is 11.7 Å². The molecule has 0 bridgehead atoms. The number of aliphatic hydroxyl groups excluding tert-OH is 3. The molecule has 3 N–H and O–H groups in total. The lowest BCUT2D eigenvalue weighted by Crippen LogP contribution is -2.57. The molecule has 0 aromatic heterocycles. The van der Waals surface area contributed by atoms with E-state index in [4.69, 9.17) is 14.2 Å². The molecule has 1 saturated heterocycles. The molecule has 1 fully saturated rings. The van der Waals surface area contributed by atoms with Gasteiger partial charge in [0, 0.05) is 0 Å². The molecule has 2 aromatic carbocycles. The maximum atomic E-state index is 12.5. The summed E-state index contributed by atoms with van der Waals surface area (Å²) in [4.78, 5) is 12.5. The number of carbonyl (C=O) groups excluding carboxylic acids is 1. The largest absolute Gasteiger partial charge is 0.489 e. The van der Waals surface area contributed by atoms with Crippen molar-refractivity contribution in [2.45, 2.75) is 51.0 Å². The van der Waals surface area contributed by atoms with E-state index in [1.165, 1.54) is 0 Å². The predicted octanol–water partition coefficient (Wildman–Crippen LogP) is 1.60. The van der Waals surface area contributed by atoms with E-state index in [2.05, 4.69) is 0 Å². The number of aliphatic hydroxyl groups is 3. The van der Waals surface area contributed by atoms with Gasteiger partial charge in [-0.05, 0) is 37.1 Å². The van der Waals surface area contributed by atoms with E-state index in [1.54, 1.807) is 32.0 Å². The molecular weight excluding hydrogens is 376 g/mol. The number of esters is 1. The third kappa shape index (κ3) is 5.13. The summed E-state index contributed by atoms with van der Waals surface area (Å²) in [5.74, 6) is -0.0516. The van der Waals surface area contributed by atoms with Crippen LogP contribution in [-0.2, 0) is 16.1 Å². The first-order valence-electron chi connectivity index (χ1n) is 9.51. The Labute approximate surface area is 169 Å². The molecule has 0 aliphatic carbocycles. The molecule has 0 spiro atoms. The molecule has 7 nitrogen and oxygen atoms in total. The molecule has 0 saturated carbocycles. The molecule has 0 amide bonds. The quantitative estimate of drug-likeness (QED) is 0.630. The van der Waals surface area contributed by atoms with E-state index >= 15 is 0 Å². The number of benzene rings is 2. The van der Waals surface area contributed by atoms with Gasteiger partial charge in [0.25, 0.3) is 0 Å². The maximum absolute atomic E-state index is 12.5. The topological polar surface area (TPSA) is 105 Å². The van der Waals surface area contributed by atoms with Crippen LogP contribution >= 0.6 is 0 Å². The predicted molar refractivity (Wildman–Crippen MR) is 105 cm³/mol. The van der Waals surface area contributed by atoms with Gasteiger partial charge in [-0.25, -0.2) is 4.79 Å². The van der Waals surface area contributed by atoms with Gasteiger partial charge in [-0.1, -0.05) is 36.4 Å². The molecule has 156 valence electrons. The van der Waals surface area contributed by atoms with Gasteiger partial charge in [0.2, 0.25) is 0 Å². The fourth-order valence-corrected chi connectivity index (χ4v) is 3.16. The zero-order valence-corrected chi connectivity index (χ0v) is 16.4. The Morgan fingerprint density at radius 3 is 2.48 bits per heavy atom. The minimum Gasteiger partial charge on any atom is -0.489 e. The minimum absolute atomic E-state index is 0.247. The van der Waals surface area contributed by atoms with E-state index in [0.29, 0.717) is 17.9 Å². The molecule has 0 radical (unpaired) electrons. The number of ether oxygens (including phenoxy) is 3. The van der Waals surface area contributed by atoms with Crippen molar-refractivity contribution in [3.63, 3.8) is 0 Å². The van der Waals surface area contributed by atoms with Crippen LogP contribution in [0.25, 0.3) is 0 Å². The lowest BCUT2D eigenvalue weighted by atomic mass is 9.96. The average molecular weight is 402 g/mol. The third-order valence-corrected chi connectivity index (χ3v) is 5.01. The zero-order valence-electron chi connectivity index (χ0n) is 16.4. The van der Waals surface area contributed by atoms with Crippen molar-refractivity contribution in [1.82, 2.24) is 0 Å². The summed E-state index contributed by atoms with van der Waals surface area (Å²) in [6.45, 7) is 3.49. The molecule has 2 aromatic rings. The van der Waals surface area contributed by atoms with Crippen LogP contribution in [0.4, 0.5) is 0 Å². The zero-order chi connectivity index (χ0) is 21.0. The number of hydrogen-bond acceptors (Lipinski definition) is 7. The Morgan fingerprint density at radius 1 is 1.03 bits per heavy atom. The highest BCUT2D eigenvalue weighted by Crippen LogP contribution is 2.23. The normalized spacial score (nSPS) is 26.7. The van der Waals surface area contributed by atoms with Crippen molar-refractivity contribution in [3.8, 4) is 5.75 Å². The van der Waals surface area contributed by atoms with Gasteiger partial charge in [0.1, 0.15) is 43.4 Å². The third-order valence-electron chi connectivity index (χ3n) is 5.01. The number of carbonyl (C=O) groups is 1. The Morgan fingerprint density at radius 2 is 1.76 bits per heavy atom. The Balaban J connectivity index is 1.61. The van der Waals surface area contributed by atoms with Crippen LogP contribution in [0, 0.1) is 6.92 Å². The monoisotopic (exact) mass is 402 g/mol. The number of aryl methyl sites for hydroxylation is 1. The van der Waals surface area contributed by atoms with Crippen LogP contribution < -0.4 is 4.74 Å². The van der Waals surface area contributed by atoms with Gasteiger partial charge in [-0.3, -0.25) is 0 Å². The maximum Gasteiger partial charge on any atom is 0.338 e. The molecule has 5 atom stereocenters. The standard InChI is InChI=1S/C22H26O7/c1-13-8-9-16(27-11-15-6-4-3-5-7-15)10-17(13)22(26)28-12-18-20(24)21(25)19(23)14(2)29-18/h3-10,14,18-21,23-25H,11-12H2,1-2H3/t14?,18-,19+,20-,21-/m1/s1. The number of rotatable bonds is 6. The van der Waals surface area contributed by atoms with Crippen molar-refractivity contribution >= 4 is 5.97 Å². The summed E-state index contributed by atoms with van der Waals surface area (Å²) < 4.78 is 16.5. The summed E-state index contributed by atoms with van der Waals surface area (Å²) in [5.41, 5.74) is 2.07. The molecular formula is C22H26O7. The van der Waals surface area contributed by atoms with Crippen molar-refractivity contribution in [2.24, 2.45) is 0 Å². The highest BCUT2D eigenvalue weighted by atomic mass is 16.6. The van der Waals surface area contributed by atoms with Crippen molar-refractivity contribution in [3.05, 3.63) is 65.2 Å². The Bertz CT molecular complexity index is 823. The van der Waals surface area contributed by atoms with Gasteiger partial charge < -0.3 is 29.5 Å². The van der Waals surface area contributed by atoms with Crippen LogP contribution in [0.3, 0.4) is 0 Å². The first-order chi connectivity index (χ1) is 13.9. The van der Waals surface area contributed by atoms with E-state index in [0.717, 1.165) is 11.1 Å². The summed E-state index contributed by atoms with van der Waals surface area (Å²) in [5, 5.41) is 29.6. The Hall–Kier alpha value is -2.45. The van der Waals surface area contributed by atoms with Gasteiger partial charge in [0.15, 0.2) is 0 Å². The molecule has 29 heavy (non-hydrogen) atoms. The lowest BCUT2D eigenvalue weighted by molar-refractivity contribution is -0.224. The summed E-state index contributed by atoms with van der Waals surface area (Å²) in [6, 6.07) is 14.8. The van der Waals surface area contributed by atoms with E-state index in [9.17, 15) is 20.1 Å². The van der Waals surface area contributed by atoms with Gasteiger partial charge in [-0.2, -0.15) is 0 Å². The van der Waals surface area contributed by atoms with Gasteiger partial charge >= 0.3 is 5.97 Å². The van der Waals surface area contributed by atoms with Crippen molar-refractivity contribution in [2.75, 3.05) is 6.61 Å². The second-order valence-electron chi connectivity index (χ2n) is 7.20. The molecule has 3 rings (SSSR count). The van der Waals surface area contributed by atoms with Crippen LogP contribution in [-0.4, -0.2) is 58.4 Å². The van der Waals surface area contributed by atoms with Crippen LogP contribution in [0.1, 0.15) is 28.4 Å². The smallest absolute Gasteiger partial charge is 0.338 e. The SMILES string of the molecule is Cc1ccc(OCc2ccccc2)cc1C(=O)OC[C@H]1OC(C)[C@H](O)[C@@H](O)[C@@H]1O. The summed E-state index contributed by atoms with van der Waals surface area (Å²) >= 11 is 0. The Kier molecular flexibility index (Phi) is 6.87. The van der Waals surface area contributed by atoms with Crippen molar-refractivity contribution in [1.29, 1.82) is 0 Å². The lowest BCUT2D eigenvalue weighted by Gasteiger charge is -2.39. The molecule has 1 aliphatic heterocycles. The fraction of sp³-hybridized carbons (Fsp3) is 0.409. The number of hydrogen-bond donors (Lipinski definition) is 3. The minimum atomic E-state index is -1.36. The van der Waals surface area contributed by atoms with Crippen molar-refractivity contribution < 1.29 is 34.3 Å². The highest BCUT2D eigenvalue weighted by Gasteiger charge is 2.42. The highest BCUT2D eigenvalue weighted by molar-refractivity contribution is 5.91. The molecule has 7 heteroatoms. The van der Waals surface area contributed by atoms with Crippen LogP contribution in [0.15, 0.2) is 48.5 Å². The van der Waals surface area contributed by atoms with E-state index in [1.807, 2.05) is 30.3 Å². The molecule has 1 heterocycles. The fourth-order valence-electron chi connectivity index (χ4n) is 3.16.